The Labute approximate surface area is 160 Å². The molecule has 0 bridgehead atoms. The van der Waals surface area contributed by atoms with Crippen LogP contribution in [0.15, 0.2) is 36.5 Å². The number of nitrogens with zero attached hydrogens (tertiary/aromatic N) is 4. The Bertz CT molecular complexity index is 839. The molecule has 3 heterocycles. The Morgan fingerprint density at radius 2 is 1.70 bits per heavy atom. The van der Waals surface area contributed by atoms with E-state index in [0.717, 1.165) is 48.6 Å². The third-order valence-electron chi connectivity index (χ3n) is 6.52. The van der Waals surface area contributed by atoms with Crippen LogP contribution in [0.3, 0.4) is 0 Å². The maximum absolute atomic E-state index is 13.6. The average molecular weight is 362 g/mol. The summed E-state index contributed by atoms with van der Waals surface area (Å²) >= 11 is 0. The second-order valence-electron chi connectivity index (χ2n) is 8.13. The van der Waals surface area contributed by atoms with Gasteiger partial charge in [0.1, 0.15) is 5.54 Å². The monoisotopic (exact) mass is 362 g/mol. The number of amides is 1. The van der Waals surface area contributed by atoms with Crippen LogP contribution in [-0.4, -0.2) is 44.3 Å². The van der Waals surface area contributed by atoms with Gasteiger partial charge >= 0.3 is 0 Å². The van der Waals surface area contributed by atoms with E-state index in [1.54, 1.807) is 0 Å². The maximum atomic E-state index is 13.6. The number of rotatable bonds is 3. The summed E-state index contributed by atoms with van der Waals surface area (Å²) in [5.74, 6) is 1.07. The van der Waals surface area contributed by atoms with E-state index in [-0.39, 0.29) is 5.54 Å². The molecule has 0 radical (unpaired) electrons. The molecule has 1 aliphatic carbocycles. The second kappa shape index (κ2) is 6.71. The standard InChI is InChI=1S/C22H26N4O/c27-21(22(10-4-5-11-22)26-12-6-7-13-26)25-15-18-14-23-20(24-19(18)16-25)17-8-2-1-3-9-17/h1-3,8-9,14H,4-7,10-13,15-16H2. The van der Waals surface area contributed by atoms with Crippen LogP contribution in [-0.2, 0) is 17.9 Å². The molecule has 2 aliphatic heterocycles. The van der Waals surface area contributed by atoms with Crippen molar-refractivity contribution < 1.29 is 4.79 Å². The van der Waals surface area contributed by atoms with E-state index in [4.69, 9.17) is 4.98 Å². The maximum Gasteiger partial charge on any atom is 0.243 e. The van der Waals surface area contributed by atoms with Gasteiger partial charge in [0.25, 0.3) is 0 Å². The molecule has 0 spiro atoms. The smallest absolute Gasteiger partial charge is 0.243 e. The van der Waals surface area contributed by atoms with Gasteiger partial charge in [-0.15, -0.1) is 0 Å². The van der Waals surface area contributed by atoms with Gasteiger partial charge in [-0.3, -0.25) is 9.69 Å². The van der Waals surface area contributed by atoms with Crippen molar-refractivity contribution >= 4 is 5.91 Å². The van der Waals surface area contributed by atoms with E-state index in [2.05, 4.69) is 9.88 Å². The third-order valence-corrected chi connectivity index (χ3v) is 6.52. The summed E-state index contributed by atoms with van der Waals surface area (Å²) in [6.07, 6.45) is 8.72. The van der Waals surface area contributed by atoms with Gasteiger partial charge in [-0.2, -0.15) is 0 Å². The largest absolute Gasteiger partial charge is 0.331 e. The number of benzene rings is 1. The molecule has 2 aromatic rings. The third kappa shape index (κ3) is 2.85. The molecule has 27 heavy (non-hydrogen) atoms. The van der Waals surface area contributed by atoms with Gasteiger partial charge in [-0.05, 0) is 38.8 Å². The Morgan fingerprint density at radius 3 is 2.44 bits per heavy atom. The molecule has 5 rings (SSSR count). The number of hydrogen-bond acceptors (Lipinski definition) is 4. The van der Waals surface area contributed by atoms with Crippen LogP contribution >= 0.6 is 0 Å². The van der Waals surface area contributed by atoms with Crippen molar-refractivity contribution in [3.05, 3.63) is 47.8 Å². The number of carbonyl (C=O) groups is 1. The summed E-state index contributed by atoms with van der Waals surface area (Å²) in [6, 6.07) is 10.1. The van der Waals surface area contributed by atoms with Gasteiger partial charge in [0.15, 0.2) is 5.82 Å². The normalized spacial score (nSPS) is 21.6. The minimum Gasteiger partial charge on any atom is -0.331 e. The highest BCUT2D eigenvalue weighted by atomic mass is 16.2. The minimum atomic E-state index is -0.256. The molecule has 2 fully saturated rings. The lowest BCUT2D eigenvalue weighted by Crippen LogP contribution is -2.56. The average Bonchev–Trinajstić information content (AvgIpc) is 3.48. The summed E-state index contributed by atoms with van der Waals surface area (Å²) in [5.41, 5.74) is 2.87. The SMILES string of the molecule is O=C(N1Cc2cnc(-c3ccccc3)nc2C1)C1(N2CCCC2)CCCC1. The van der Waals surface area contributed by atoms with Crippen molar-refractivity contribution in [2.75, 3.05) is 13.1 Å². The summed E-state index contributed by atoms with van der Waals surface area (Å²) in [7, 11) is 0. The van der Waals surface area contributed by atoms with Crippen LogP contribution in [0.1, 0.15) is 49.8 Å². The zero-order chi connectivity index (χ0) is 18.3. The zero-order valence-corrected chi connectivity index (χ0v) is 15.7. The fourth-order valence-electron chi connectivity index (χ4n) is 5.09. The van der Waals surface area contributed by atoms with E-state index < -0.39 is 0 Å². The van der Waals surface area contributed by atoms with Gasteiger partial charge in [0.05, 0.1) is 12.2 Å². The summed E-state index contributed by atoms with van der Waals surface area (Å²) < 4.78 is 0. The lowest BCUT2D eigenvalue weighted by atomic mass is 9.93. The van der Waals surface area contributed by atoms with Gasteiger partial charge in [0, 0.05) is 23.9 Å². The molecule has 140 valence electrons. The lowest BCUT2D eigenvalue weighted by Gasteiger charge is -2.39. The zero-order valence-electron chi connectivity index (χ0n) is 15.7. The molecule has 0 unspecified atom stereocenters. The summed E-state index contributed by atoms with van der Waals surface area (Å²) in [5, 5.41) is 0. The first-order valence-corrected chi connectivity index (χ1v) is 10.2. The van der Waals surface area contributed by atoms with E-state index in [9.17, 15) is 4.79 Å². The first-order valence-electron chi connectivity index (χ1n) is 10.2. The molecule has 0 atom stereocenters. The molecule has 1 saturated heterocycles. The Kier molecular flexibility index (Phi) is 4.20. The van der Waals surface area contributed by atoms with Crippen molar-refractivity contribution in [1.82, 2.24) is 19.8 Å². The second-order valence-corrected chi connectivity index (χ2v) is 8.13. The van der Waals surface area contributed by atoms with Crippen LogP contribution in [0.5, 0.6) is 0 Å². The molecule has 3 aliphatic rings. The molecule has 1 aromatic carbocycles. The molecular weight excluding hydrogens is 336 g/mol. The number of likely N-dealkylation sites (tertiary alicyclic amines) is 1. The number of fused-ring (bicyclic) bond motifs is 1. The summed E-state index contributed by atoms with van der Waals surface area (Å²) in [4.78, 5) is 27.5. The van der Waals surface area contributed by atoms with E-state index in [1.165, 1.54) is 25.7 Å². The fraction of sp³-hybridized carbons (Fsp3) is 0.500. The molecule has 1 aromatic heterocycles. The minimum absolute atomic E-state index is 0.256. The van der Waals surface area contributed by atoms with E-state index in [1.807, 2.05) is 41.4 Å². The van der Waals surface area contributed by atoms with Gasteiger partial charge < -0.3 is 4.90 Å². The van der Waals surface area contributed by atoms with Crippen LogP contribution < -0.4 is 0 Å². The predicted molar refractivity (Wildman–Crippen MR) is 104 cm³/mol. The lowest BCUT2D eigenvalue weighted by molar-refractivity contribution is -0.144. The van der Waals surface area contributed by atoms with Gasteiger partial charge in [-0.1, -0.05) is 43.2 Å². The number of hydrogen-bond donors (Lipinski definition) is 0. The van der Waals surface area contributed by atoms with Crippen LogP contribution in [0.4, 0.5) is 0 Å². The fourth-order valence-corrected chi connectivity index (χ4v) is 5.09. The molecule has 5 nitrogen and oxygen atoms in total. The predicted octanol–water partition coefficient (Wildman–Crippen LogP) is 3.39. The van der Waals surface area contributed by atoms with Gasteiger partial charge in [-0.25, -0.2) is 9.97 Å². The first-order chi connectivity index (χ1) is 13.3. The highest BCUT2D eigenvalue weighted by Crippen LogP contribution is 2.40. The van der Waals surface area contributed by atoms with Crippen molar-refractivity contribution in [2.24, 2.45) is 0 Å². The Balaban J connectivity index is 1.39. The van der Waals surface area contributed by atoms with E-state index >= 15 is 0 Å². The molecule has 1 saturated carbocycles. The number of aromatic nitrogens is 2. The molecule has 0 N–H and O–H groups in total. The quantitative estimate of drug-likeness (QED) is 0.840. The van der Waals surface area contributed by atoms with Crippen molar-refractivity contribution in [2.45, 2.75) is 57.2 Å². The Hall–Kier alpha value is -2.27. The Morgan fingerprint density at radius 1 is 0.963 bits per heavy atom. The van der Waals surface area contributed by atoms with Crippen LogP contribution in [0.25, 0.3) is 11.4 Å². The van der Waals surface area contributed by atoms with Crippen molar-refractivity contribution in [3.8, 4) is 11.4 Å². The van der Waals surface area contributed by atoms with Crippen molar-refractivity contribution in [3.63, 3.8) is 0 Å². The van der Waals surface area contributed by atoms with Crippen molar-refractivity contribution in [1.29, 1.82) is 0 Å². The molecule has 5 heteroatoms. The topological polar surface area (TPSA) is 49.3 Å². The molecular formula is C22H26N4O. The van der Waals surface area contributed by atoms with E-state index in [0.29, 0.717) is 19.0 Å². The van der Waals surface area contributed by atoms with Crippen LogP contribution in [0.2, 0.25) is 0 Å². The van der Waals surface area contributed by atoms with Crippen LogP contribution in [0, 0.1) is 0 Å². The first kappa shape index (κ1) is 16.9. The van der Waals surface area contributed by atoms with Gasteiger partial charge in [0.2, 0.25) is 5.91 Å². The highest BCUT2D eigenvalue weighted by Gasteiger charge is 2.49. The summed E-state index contributed by atoms with van der Waals surface area (Å²) in [6.45, 7) is 3.42. The molecule has 1 amide bonds. The highest BCUT2D eigenvalue weighted by molar-refractivity contribution is 5.87. The number of carbonyl (C=O) groups excluding carboxylic acids is 1.